The van der Waals surface area contributed by atoms with Gasteiger partial charge in [0.2, 0.25) is 5.91 Å². The molecule has 0 aromatic heterocycles. The van der Waals surface area contributed by atoms with Crippen LogP contribution in [0.25, 0.3) is 0 Å². The van der Waals surface area contributed by atoms with Gasteiger partial charge in [-0.05, 0) is 43.6 Å². The lowest BCUT2D eigenvalue weighted by molar-refractivity contribution is 0.100. The van der Waals surface area contributed by atoms with Crippen molar-refractivity contribution in [2.45, 2.75) is 32.4 Å². The number of hydrogen-bond acceptors (Lipinski definition) is 3. The zero-order valence-corrected chi connectivity index (χ0v) is 11.6. The Morgan fingerprint density at radius 1 is 1.42 bits per heavy atom. The van der Waals surface area contributed by atoms with E-state index in [0.717, 1.165) is 19.6 Å². The molecule has 0 saturated carbocycles. The van der Waals surface area contributed by atoms with Crippen molar-refractivity contribution >= 4 is 5.91 Å². The van der Waals surface area contributed by atoms with Gasteiger partial charge in [-0.2, -0.15) is 0 Å². The van der Waals surface area contributed by atoms with E-state index in [1.54, 1.807) is 12.1 Å². The largest absolute Gasteiger partial charge is 0.366 e. The average molecular weight is 261 g/mol. The number of hydrogen-bond donors (Lipinski definition) is 2. The van der Waals surface area contributed by atoms with E-state index in [4.69, 9.17) is 5.73 Å². The number of likely N-dealkylation sites (N-methyl/N-ethyl adjacent to an activating group) is 1. The number of nitrogens with one attached hydrogen (secondary N) is 1. The first-order valence-electron chi connectivity index (χ1n) is 7.04. The van der Waals surface area contributed by atoms with Crippen molar-refractivity contribution in [1.82, 2.24) is 10.2 Å². The second-order valence-electron chi connectivity index (χ2n) is 5.12. The van der Waals surface area contributed by atoms with Crippen molar-refractivity contribution in [2.24, 2.45) is 5.73 Å². The second kappa shape index (κ2) is 6.68. The maximum absolute atomic E-state index is 11.0. The Morgan fingerprint density at radius 2 is 2.16 bits per heavy atom. The van der Waals surface area contributed by atoms with Gasteiger partial charge in [0.1, 0.15) is 0 Å². The van der Waals surface area contributed by atoms with Crippen molar-refractivity contribution in [3.8, 4) is 0 Å². The first-order valence-corrected chi connectivity index (χ1v) is 7.04. The highest BCUT2D eigenvalue weighted by molar-refractivity contribution is 5.92. The van der Waals surface area contributed by atoms with Crippen LogP contribution in [0.3, 0.4) is 0 Å². The predicted octanol–water partition coefficient (Wildman–Crippen LogP) is 1.36. The molecule has 2 rings (SSSR count). The highest BCUT2D eigenvalue weighted by Crippen LogP contribution is 2.15. The Hall–Kier alpha value is -1.39. The topological polar surface area (TPSA) is 58.4 Å². The molecule has 1 unspecified atom stereocenters. The Morgan fingerprint density at radius 3 is 2.79 bits per heavy atom. The summed E-state index contributed by atoms with van der Waals surface area (Å²) in [6.07, 6.45) is 2.61. The summed E-state index contributed by atoms with van der Waals surface area (Å²) in [6, 6.07) is 8.16. The molecule has 3 N–H and O–H groups in total. The van der Waals surface area contributed by atoms with E-state index in [-0.39, 0.29) is 5.91 Å². The third-order valence-corrected chi connectivity index (χ3v) is 3.85. The smallest absolute Gasteiger partial charge is 0.248 e. The van der Waals surface area contributed by atoms with Gasteiger partial charge in [0, 0.05) is 24.7 Å². The molecule has 19 heavy (non-hydrogen) atoms. The van der Waals surface area contributed by atoms with Crippen LogP contribution in [-0.2, 0) is 6.54 Å². The first kappa shape index (κ1) is 14.0. The first-order chi connectivity index (χ1) is 9.20. The van der Waals surface area contributed by atoms with E-state index >= 15 is 0 Å². The lowest BCUT2D eigenvalue weighted by Gasteiger charge is -2.23. The number of likely N-dealkylation sites (tertiary alicyclic amines) is 1. The molecule has 1 amide bonds. The molecule has 1 aromatic carbocycles. The van der Waals surface area contributed by atoms with Crippen molar-refractivity contribution in [1.29, 1.82) is 0 Å². The van der Waals surface area contributed by atoms with Gasteiger partial charge in [-0.25, -0.2) is 0 Å². The van der Waals surface area contributed by atoms with Crippen LogP contribution in [0.2, 0.25) is 0 Å². The molecule has 1 heterocycles. The quantitative estimate of drug-likeness (QED) is 0.813. The van der Waals surface area contributed by atoms with Gasteiger partial charge in [0.15, 0.2) is 0 Å². The third-order valence-electron chi connectivity index (χ3n) is 3.85. The molecular formula is C15H23N3O. The van der Waals surface area contributed by atoms with Crippen molar-refractivity contribution < 1.29 is 4.79 Å². The molecule has 4 heteroatoms. The molecule has 4 nitrogen and oxygen atoms in total. The van der Waals surface area contributed by atoms with Crippen LogP contribution in [-0.4, -0.2) is 36.5 Å². The predicted molar refractivity (Wildman–Crippen MR) is 76.9 cm³/mol. The van der Waals surface area contributed by atoms with Crippen LogP contribution in [0.1, 0.15) is 35.7 Å². The summed E-state index contributed by atoms with van der Waals surface area (Å²) in [7, 11) is 0. The molecule has 104 valence electrons. The number of primary amides is 1. The molecule has 1 aliphatic rings. The molecule has 1 fully saturated rings. The summed E-state index contributed by atoms with van der Waals surface area (Å²) in [5.74, 6) is -0.371. The number of rotatable bonds is 6. The molecular weight excluding hydrogens is 238 g/mol. The molecule has 0 spiro atoms. The number of amides is 1. The normalized spacial score (nSPS) is 19.7. The Balaban J connectivity index is 1.77. The van der Waals surface area contributed by atoms with Crippen LogP contribution in [0, 0.1) is 0 Å². The summed E-state index contributed by atoms with van der Waals surface area (Å²) in [5.41, 5.74) is 6.97. The van der Waals surface area contributed by atoms with Crippen molar-refractivity contribution in [3.63, 3.8) is 0 Å². The number of nitrogens with zero attached hydrogens (tertiary/aromatic N) is 1. The number of benzene rings is 1. The fraction of sp³-hybridized carbons (Fsp3) is 0.533. The minimum absolute atomic E-state index is 0.371. The molecule has 1 aliphatic heterocycles. The lowest BCUT2D eigenvalue weighted by Crippen LogP contribution is -2.37. The molecule has 1 atom stereocenters. The van der Waals surface area contributed by atoms with Crippen LogP contribution in [0.5, 0.6) is 0 Å². The molecule has 0 radical (unpaired) electrons. The zero-order chi connectivity index (χ0) is 13.7. The minimum atomic E-state index is -0.371. The Kier molecular flexibility index (Phi) is 4.93. The van der Waals surface area contributed by atoms with Gasteiger partial charge in [0.25, 0.3) is 0 Å². The van der Waals surface area contributed by atoms with Gasteiger partial charge >= 0.3 is 0 Å². The molecule has 1 aromatic rings. The van der Waals surface area contributed by atoms with Crippen LogP contribution < -0.4 is 11.1 Å². The van der Waals surface area contributed by atoms with E-state index in [2.05, 4.69) is 17.1 Å². The Labute approximate surface area is 115 Å². The third kappa shape index (κ3) is 3.78. The highest BCUT2D eigenvalue weighted by atomic mass is 16.1. The second-order valence-corrected chi connectivity index (χ2v) is 5.12. The van der Waals surface area contributed by atoms with Crippen LogP contribution in [0.4, 0.5) is 0 Å². The fourth-order valence-corrected chi connectivity index (χ4v) is 2.71. The Bertz CT molecular complexity index is 416. The summed E-state index contributed by atoms with van der Waals surface area (Å²) >= 11 is 0. The summed E-state index contributed by atoms with van der Waals surface area (Å²) in [5, 5.41) is 3.50. The maximum atomic E-state index is 11.0. The monoisotopic (exact) mass is 261 g/mol. The van der Waals surface area contributed by atoms with Gasteiger partial charge in [-0.1, -0.05) is 19.1 Å². The minimum Gasteiger partial charge on any atom is -0.366 e. The van der Waals surface area contributed by atoms with Gasteiger partial charge in [-0.3, -0.25) is 9.69 Å². The van der Waals surface area contributed by atoms with E-state index in [1.807, 2.05) is 12.1 Å². The summed E-state index contributed by atoms with van der Waals surface area (Å²) in [6.45, 7) is 6.47. The number of nitrogens with two attached hydrogens (primary N) is 1. The number of carbonyl (C=O) groups excluding carboxylic acids is 1. The molecule has 0 bridgehead atoms. The zero-order valence-electron chi connectivity index (χ0n) is 11.6. The van der Waals surface area contributed by atoms with Gasteiger partial charge in [0.05, 0.1) is 0 Å². The lowest BCUT2D eigenvalue weighted by atomic mass is 10.1. The molecule has 0 aliphatic carbocycles. The van der Waals surface area contributed by atoms with Crippen LogP contribution in [0.15, 0.2) is 24.3 Å². The molecule has 1 saturated heterocycles. The highest BCUT2D eigenvalue weighted by Gasteiger charge is 2.21. The van der Waals surface area contributed by atoms with Gasteiger partial charge < -0.3 is 11.1 Å². The van der Waals surface area contributed by atoms with Gasteiger partial charge in [-0.15, -0.1) is 0 Å². The summed E-state index contributed by atoms with van der Waals surface area (Å²) in [4.78, 5) is 13.5. The fourth-order valence-electron chi connectivity index (χ4n) is 2.71. The standard InChI is InChI=1S/C15H23N3O/c1-2-18-9-3-4-14(18)11-17-10-12-5-7-13(8-6-12)15(16)19/h5-8,14,17H,2-4,9-11H2,1H3,(H2,16,19). The van der Waals surface area contributed by atoms with Crippen molar-refractivity contribution in [2.75, 3.05) is 19.6 Å². The van der Waals surface area contributed by atoms with E-state index in [1.165, 1.54) is 24.9 Å². The van der Waals surface area contributed by atoms with E-state index in [0.29, 0.717) is 11.6 Å². The maximum Gasteiger partial charge on any atom is 0.248 e. The van der Waals surface area contributed by atoms with E-state index < -0.39 is 0 Å². The van der Waals surface area contributed by atoms with E-state index in [9.17, 15) is 4.79 Å². The average Bonchev–Trinajstić information content (AvgIpc) is 2.87. The van der Waals surface area contributed by atoms with Crippen molar-refractivity contribution in [3.05, 3.63) is 35.4 Å². The number of carbonyl (C=O) groups is 1. The van der Waals surface area contributed by atoms with Crippen LogP contribution >= 0.6 is 0 Å². The summed E-state index contributed by atoms with van der Waals surface area (Å²) < 4.78 is 0. The SMILES string of the molecule is CCN1CCCC1CNCc1ccc(C(N)=O)cc1.